The van der Waals surface area contributed by atoms with Gasteiger partial charge in [-0.3, -0.25) is 39.1 Å². The third-order valence-electron chi connectivity index (χ3n) is 14.5. The van der Waals surface area contributed by atoms with Gasteiger partial charge in [0.15, 0.2) is 0 Å². The lowest BCUT2D eigenvalue weighted by molar-refractivity contribution is -0.164. The quantitative estimate of drug-likeness (QED) is 0.187. The molecule has 3 heterocycles. The van der Waals surface area contributed by atoms with Gasteiger partial charge in [0.1, 0.15) is 29.7 Å². The summed E-state index contributed by atoms with van der Waals surface area (Å²) in [6.07, 6.45) is 3.94. The van der Waals surface area contributed by atoms with Gasteiger partial charge < -0.3 is 19.7 Å². The van der Waals surface area contributed by atoms with E-state index in [0.717, 1.165) is 72.8 Å². The van der Waals surface area contributed by atoms with E-state index in [-0.39, 0.29) is 59.0 Å². The molecule has 3 aromatic carbocycles. The van der Waals surface area contributed by atoms with Crippen LogP contribution in [0.2, 0.25) is 0 Å². The van der Waals surface area contributed by atoms with E-state index in [1.54, 1.807) is 18.2 Å². The molecule has 5 aliphatic rings. The van der Waals surface area contributed by atoms with Crippen LogP contribution in [0.4, 0.5) is 5.69 Å². The molecule has 1 unspecified atom stereocenters. The largest absolute Gasteiger partial charge is 0.490 e. The Balaban J connectivity index is 0.797. The molecule has 63 heavy (non-hydrogen) atoms. The lowest BCUT2D eigenvalue weighted by atomic mass is 9.49. The third kappa shape index (κ3) is 8.18. The van der Waals surface area contributed by atoms with Crippen LogP contribution in [0.5, 0.6) is 11.5 Å². The fourth-order valence-electron chi connectivity index (χ4n) is 11.2. The van der Waals surface area contributed by atoms with Crippen molar-refractivity contribution in [3.05, 3.63) is 88.0 Å². The minimum Gasteiger partial charge on any atom is -0.490 e. The number of anilines is 1. The van der Waals surface area contributed by atoms with Gasteiger partial charge in [-0.1, -0.05) is 27.7 Å². The number of rotatable bonds is 12. The molecule has 2 saturated heterocycles. The third-order valence-corrected chi connectivity index (χ3v) is 14.5. The highest BCUT2D eigenvalue weighted by Gasteiger charge is 2.64. The van der Waals surface area contributed by atoms with Crippen molar-refractivity contribution in [2.45, 2.75) is 130 Å². The number of amides is 5. The van der Waals surface area contributed by atoms with Crippen LogP contribution >= 0.6 is 0 Å². The summed E-state index contributed by atoms with van der Waals surface area (Å²) < 4.78 is 12.9. The van der Waals surface area contributed by atoms with E-state index in [4.69, 9.17) is 9.47 Å². The molecule has 332 valence electrons. The second-order valence-corrected chi connectivity index (χ2v) is 19.9. The first-order chi connectivity index (χ1) is 29.9. The summed E-state index contributed by atoms with van der Waals surface area (Å²) in [5.41, 5.74) is 4.05. The van der Waals surface area contributed by atoms with Crippen molar-refractivity contribution in [2.75, 3.05) is 24.5 Å². The van der Waals surface area contributed by atoms with Crippen molar-refractivity contribution < 1.29 is 33.4 Å². The van der Waals surface area contributed by atoms with Crippen LogP contribution < -0.4 is 25.0 Å². The molecular weight excluding hydrogens is 797 g/mol. The second-order valence-electron chi connectivity index (χ2n) is 19.9. The predicted molar refractivity (Wildman–Crippen MR) is 238 cm³/mol. The van der Waals surface area contributed by atoms with Crippen LogP contribution in [0, 0.1) is 41.9 Å². The van der Waals surface area contributed by atoms with Gasteiger partial charge in [0, 0.05) is 79.1 Å². The molecule has 5 amide bonds. The molecule has 2 aliphatic carbocycles. The van der Waals surface area contributed by atoms with Gasteiger partial charge in [-0.2, -0.15) is 5.26 Å². The number of ether oxygens (including phenoxy) is 2. The van der Waals surface area contributed by atoms with Crippen molar-refractivity contribution in [1.82, 2.24) is 20.4 Å². The summed E-state index contributed by atoms with van der Waals surface area (Å²) in [5, 5.41) is 15.1. The number of piperidine rings is 2. The molecular formula is C50H60N6O7. The summed E-state index contributed by atoms with van der Waals surface area (Å²) in [6, 6.07) is 18.7. The maximum atomic E-state index is 13.6. The summed E-state index contributed by atoms with van der Waals surface area (Å²) in [6.45, 7) is 19.8. The number of carbonyl (C=O) groups is 5. The van der Waals surface area contributed by atoms with E-state index in [2.05, 4.69) is 80.2 Å². The molecule has 3 aliphatic heterocycles. The molecule has 2 saturated carbocycles. The van der Waals surface area contributed by atoms with E-state index in [1.807, 2.05) is 38.1 Å². The summed E-state index contributed by atoms with van der Waals surface area (Å²) in [7, 11) is 0. The standard InChI is InChI=1S/C50H60N6O7/c1-28(2)55(34-23-37(24-34)62-35-13-14-38-39(25-35)46(61)56(45(38)60)41-15-16-42(57)52-44(41)59)27-31-17-19-54(20-18-31)33-11-9-32(10-12-33)43(58)53-47-49(5,6)48(50(47,7)8)63-36-21-29(3)40(26-51)30(4)22-36/h9-14,21-22,25,28,31,34,37,41,47-48H,15-20,23-24,27H2,1-8H3,(H,53,58)(H,52,57,59)/t34-,37-,41?,47-,48-. The van der Waals surface area contributed by atoms with Gasteiger partial charge in [-0.05, 0) is 119 Å². The van der Waals surface area contributed by atoms with Gasteiger partial charge in [0.25, 0.3) is 17.7 Å². The van der Waals surface area contributed by atoms with E-state index in [9.17, 15) is 29.2 Å². The van der Waals surface area contributed by atoms with Crippen LogP contribution in [0.15, 0.2) is 54.6 Å². The van der Waals surface area contributed by atoms with E-state index in [1.165, 1.54) is 0 Å². The predicted octanol–water partition coefficient (Wildman–Crippen LogP) is 6.73. The number of hydrogen-bond donors (Lipinski definition) is 2. The number of fused-ring (bicyclic) bond motifs is 1. The molecule has 4 fully saturated rings. The summed E-state index contributed by atoms with van der Waals surface area (Å²) >= 11 is 0. The van der Waals surface area contributed by atoms with Crippen LogP contribution in [-0.4, -0.2) is 95.3 Å². The highest BCUT2D eigenvalue weighted by molar-refractivity contribution is 6.23. The number of benzene rings is 3. The average Bonchev–Trinajstić information content (AvgIpc) is 3.47. The van der Waals surface area contributed by atoms with Crippen LogP contribution in [0.25, 0.3) is 0 Å². The maximum Gasteiger partial charge on any atom is 0.262 e. The first-order valence-corrected chi connectivity index (χ1v) is 22.5. The van der Waals surface area contributed by atoms with Gasteiger partial charge in [-0.15, -0.1) is 0 Å². The van der Waals surface area contributed by atoms with Gasteiger partial charge in [-0.25, -0.2) is 0 Å². The molecule has 2 N–H and O–H groups in total. The second kappa shape index (κ2) is 16.8. The van der Waals surface area contributed by atoms with Crippen molar-refractivity contribution in [3.63, 3.8) is 0 Å². The first-order valence-electron chi connectivity index (χ1n) is 22.5. The Morgan fingerprint density at radius 1 is 0.873 bits per heavy atom. The Morgan fingerprint density at radius 3 is 2.11 bits per heavy atom. The van der Waals surface area contributed by atoms with Gasteiger partial charge >= 0.3 is 0 Å². The lowest BCUT2D eigenvalue weighted by Gasteiger charge is -2.63. The maximum absolute atomic E-state index is 13.6. The zero-order chi connectivity index (χ0) is 45.1. The van der Waals surface area contributed by atoms with E-state index < -0.39 is 29.7 Å². The zero-order valence-electron chi connectivity index (χ0n) is 37.7. The normalized spacial score (nSPS) is 25.3. The number of nitriles is 1. The zero-order valence-corrected chi connectivity index (χ0v) is 37.7. The van der Waals surface area contributed by atoms with Crippen LogP contribution in [0.1, 0.15) is 128 Å². The van der Waals surface area contributed by atoms with Crippen molar-refractivity contribution in [3.8, 4) is 17.6 Å². The van der Waals surface area contributed by atoms with Crippen LogP contribution in [-0.2, 0) is 9.59 Å². The number of nitrogens with zero attached hydrogens (tertiary/aromatic N) is 4. The monoisotopic (exact) mass is 856 g/mol. The molecule has 0 bridgehead atoms. The number of nitrogens with one attached hydrogen (secondary N) is 2. The number of imide groups is 2. The Bertz CT molecular complexity index is 2330. The van der Waals surface area contributed by atoms with Crippen molar-refractivity contribution in [1.29, 1.82) is 5.26 Å². The van der Waals surface area contributed by atoms with E-state index in [0.29, 0.717) is 34.9 Å². The minimum absolute atomic E-state index is 0.00823. The molecule has 0 radical (unpaired) electrons. The van der Waals surface area contributed by atoms with Gasteiger partial charge in [0.2, 0.25) is 11.8 Å². The fraction of sp³-hybridized carbons (Fsp3) is 0.520. The number of aryl methyl sites for hydroxylation is 2. The molecule has 0 aromatic heterocycles. The Labute approximate surface area is 370 Å². The van der Waals surface area contributed by atoms with Crippen molar-refractivity contribution in [2.24, 2.45) is 16.7 Å². The van der Waals surface area contributed by atoms with Gasteiger partial charge in [0.05, 0.1) is 22.8 Å². The highest BCUT2D eigenvalue weighted by Crippen LogP contribution is 2.55. The molecule has 3 aromatic rings. The Kier molecular flexibility index (Phi) is 11.7. The topological polar surface area (TPSA) is 161 Å². The molecule has 1 atom stereocenters. The summed E-state index contributed by atoms with van der Waals surface area (Å²) in [5.74, 6) is -0.353. The highest BCUT2D eigenvalue weighted by atomic mass is 16.5. The Hall–Kier alpha value is -5.74. The number of hydrogen-bond acceptors (Lipinski definition) is 10. The summed E-state index contributed by atoms with van der Waals surface area (Å²) in [4.78, 5) is 70.1. The Morgan fingerprint density at radius 2 is 1.51 bits per heavy atom. The van der Waals surface area contributed by atoms with E-state index >= 15 is 0 Å². The first kappa shape index (κ1) is 43.9. The van der Waals surface area contributed by atoms with Crippen molar-refractivity contribution >= 4 is 35.2 Å². The molecule has 8 rings (SSSR count). The fourth-order valence-corrected chi connectivity index (χ4v) is 11.2. The lowest BCUT2D eigenvalue weighted by Crippen LogP contribution is -2.74. The smallest absolute Gasteiger partial charge is 0.262 e. The van der Waals surface area contributed by atoms with Crippen LogP contribution in [0.3, 0.4) is 0 Å². The molecule has 13 nitrogen and oxygen atoms in total. The average molecular weight is 857 g/mol. The molecule has 0 spiro atoms. The molecule has 13 heteroatoms. The SMILES string of the molecule is Cc1cc(O[C@H]2C(C)(C)[C@H](NC(=O)c3ccc(N4CCC(CN(C(C)C)[C@H]5C[C@H](Oc6ccc7c(c6)C(=O)N(C6CCC(=O)NC6=O)C7=O)C5)CC4)cc3)C2(C)C)cc(C)c1C#N. The number of carbonyl (C=O) groups excluding carboxylic acids is 5. The minimum atomic E-state index is -1.000.